The monoisotopic (exact) mass is 305 g/mol. The number of ether oxygens (including phenoxy) is 1. The average molecular weight is 305 g/mol. The number of nitrogens with two attached hydrogens (primary N) is 1. The second-order valence-corrected chi connectivity index (χ2v) is 7.10. The van der Waals surface area contributed by atoms with Gasteiger partial charge in [0.15, 0.2) is 9.84 Å². The molecule has 2 aromatic rings. The van der Waals surface area contributed by atoms with Crippen LogP contribution < -0.4 is 10.5 Å². The van der Waals surface area contributed by atoms with Crippen LogP contribution in [0.5, 0.6) is 5.75 Å². The van der Waals surface area contributed by atoms with Gasteiger partial charge >= 0.3 is 0 Å². The minimum absolute atomic E-state index is 0.0985. The molecule has 0 fully saturated rings. The molecule has 0 spiro atoms. The summed E-state index contributed by atoms with van der Waals surface area (Å²) in [6, 6.07) is 10.4. The third kappa shape index (κ3) is 3.55. The number of hydrogen-bond donors (Lipinski definition) is 1. The van der Waals surface area contributed by atoms with Crippen molar-refractivity contribution in [3.05, 3.63) is 53.1 Å². The van der Waals surface area contributed by atoms with Crippen LogP contribution in [0.15, 0.2) is 41.3 Å². The molecule has 0 saturated heterocycles. The number of aryl methyl sites for hydroxylation is 2. The standard InChI is InChI=1S/C16H19NO3S/c1-11-4-5-12(2)16(6-11)21(18,19)10-13-7-14(17)9-15(8-13)20-3/h4-9H,10,17H2,1-3H3. The molecule has 0 aliphatic heterocycles. The van der Waals surface area contributed by atoms with Gasteiger partial charge in [-0.3, -0.25) is 0 Å². The van der Waals surface area contributed by atoms with Crippen LogP contribution in [-0.2, 0) is 15.6 Å². The van der Waals surface area contributed by atoms with Crippen LogP contribution in [0, 0.1) is 13.8 Å². The topological polar surface area (TPSA) is 69.4 Å². The minimum Gasteiger partial charge on any atom is -0.497 e. The van der Waals surface area contributed by atoms with E-state index < -0.39 is 9.84 Å². The molecule has 0 aliphatic rings. The highest BCUT2D eigenvalue weighted by atomic mass is 32.2. The average Bonchev–Trinajstić information content (AvgIpc) is 2.40. The lowest BCUT2D eigenvalue weighted by molar-refractivity contribution is 0.414. The maximum atomic E-state index is 12.6. The highest BCUT2D eigenvalue weighted by Crippen LogP contribution is 2.25. The van der Waals surface area contributed by atoms with Gasteiger partial charge in [0.2, 0.25) is 0 Å². The summed E-state index contributed by atoms with van der Waals surface area (Å²) < 4.78 is 30.3. The number of sulfone groups is 1. The predicted molar refractivity (Wildman–Crippen MR) is 84.2 cm³/mol. The van der Waals surface area contributed by atoms with Gasteiger partial charge in [-0.25, -0.2) is 8.42 Å². The van der Waals surface area contributed by atoms with E-state index in [-0.39, 0.29) is 5.75 Å². The summed E-state index contributed by atoms with van der Waals surface area (Å²) in [6.45, 7) is 3.67. The van der Waals surface area contributed by atoms with Gasteiger partial charge in [0, 0.05) is 11.8 Å². The third-order valence-electron chi connectivity index (χ3n) is 3.26. The Bertz CT molecular complexity index is 767. The maximum absolute atomic E-state index is 12.6. The quantitative estimate of drug-likeness (QED) is 0.882. The molecule has 112 valence electrons. The Hall–Kier alpha value is -2.01. The molecule has 0 atom stereocenters. The van der Waals surface area contributed by atoms with Crippen molar-refractivity contribution in [2.45, 2.75) is 24.5 Å². The molecule has 21 heavy (non-hydrogen) atoms. The van der Waals surface area contributed by atoms with Crippen LogP contribution in [0.4, 0.5) is 5.69 Å². The largest absolute Gasteiger partial charge is 0.497 e. The summed E-state index contributed by atoms with van der Waals surface area (Å²) in [5.41, 5.74) is 8.54. The van der Waals surface area contributed by atoms with Gasteiger partial charge in [0.1, 0.15) is 5.75 Å². The van der Waals surface area contributed by atoms with E-state index in [1.807, 2.05) is 19.1 Å². The Morgan fingerprint density at radius 2 is 1.81 bits per heavy atom. The van der Waals surface area contributed by atoms with E-state index in [4.69, 9.17) is 10.5 Å². The molecule has 0 aliphatic carbocycles. The summed E-state index contributed by atoms with van der Waals surface area (Å²) in [5, 5.41) is 0. The van der Waals surface area contributed by atoms with Crippen LogP contribution >= 0.6 is 0 Å². The summed E-state index contributed by atoms with van der Waals surface area (Å²) >= 11 is 0. The molecule has 0 radical (unpaired) electrons. The molecular weight excluding hydrogens is 286 g/mol. The van der Waals surface area contributed by atoms with Gasteiger partial charge in [-0.1, -0.05) is 12.1 Å². The van der Waals surface area contributed by atoms with Gasteiger partial charge < -0.3 is 10.5 Å². The molecule has 0 saturated carbocycles. The van der Waals surface area contributed by atoms with E-state index in [1.165, 1.54) is 7.11 Å². The van der Waals surface area contributed by atoms with Crippen molar-refractivity contribution in [3.8, 4) is 5.75 Å². The molecule has 4 nitrogen and oxygen atoms in total. The zero-order valence-corrected chi connectivity index (χ0v) is 13.2. The van der Waals surface area contributed by atoms with Crippen LogP contribution in [0.25, 0.3) is 0 Å². The zero-order valence-electron chi connectivity index (χ0n) is 12.4. The van der Waals surface area contributed by atoms with Gasteiger partial charge in [-0.05, 0) is 48.7 Å². The molecule has 0 heterocycles. The highest BCUT2D eigenvalue weighted by molar-refractivity contribution is 7.90. The van der Waals surface area contributed by atoms with Crippen molar-refractivity contribution in [2.24, 2.45) is 0 Å². The maximum Gasteiger partial charge on any atom is 0.182 e. The lowest BCUT2D eigenvalue weighted by atomic mass is 10.2. The highest BCUT2D eigenvalue weighted by Gasteiger charge is 2.18. The minimum atomic E-state index is -3.42. The molecule has 0 aromatic heterocycles. The predicted octanol–water partition coefficient (Wildman–Crippen LogP) is 2.87. The van der Waals surface area contributed by atoms with Crippen LogP contribution in [-0.4, -0.2) is 15.5 Å². The Kier molecular flexibility index (Phi) is 4.23. The number of nitrogen functional groups attached to an aromatic ring is 1. The fourth-order valence-electron chi connectivity index (χ4n) is 2.23. The fraction of sp³-hybridized carbons (Fsp3) is 0.250. The first-order chi connectivity index (χ1) is 9.81. The normalized spacial score (nSPS) is 11.4. The van der Waals surface area contributed by atoms with Crippen molar-refractivity contribution in [1.29, 1.82) is 0 Å². The van der Waals surface area contributed by atoms with E-state index in [1.54, 1.807) is 31.2 Å². The van der Waals surface area contributed by atoms with Crippen molar-refractivity contribution < 1.29 is 13.2 Å². The first kappa shape index (κ1) is 15.4. The van der Waals surface area contributed by atoms with Gasteiger partial charge in [-0.15, -0.1) is 0 Å². The second-order valence-electron chi connectivity index (χ2n) is 5.14. The van der Waals surface area contributed by atoms with Crippen molar-refractivity contribution in [3.63, 3.8) is 0 Å². The third-order valence-corrected chi connectivity index (χ3v) is 5.08. The molecule has 2 N–H and O–H groups in total. The zero-order chi connectivity index (χ0) is 15.6. The molecule has 2 rings (SSSR count). The van der Waals surface area contributed by atoms with E-state index >= 15 is 0 Å². The van der Waals surface area contributed by atoms with Gasteiger partial charge in [0.25, 0.3) is 0 Å². The SMILES string of the molecule is COc1cc(N)cc(CS(=O)(=O)c2cc(C)ccc2C)c1. The summed E-state index contributed by atoms with van der Waals surface area (Å²) in [5.74, 6) is 0.458. The van der Waals surface area contributed by atoms with Crippen LogP contribution in [0.1, 0.15) is 16.7 Å². The number of hydrogen-bond acceptors (Lipinski definition) is 4. The fourth-order valence-corrected chi connectivity index (χ4v) is 3.91. The number of rotatable bonds is 4. The van der Waals surface area contributed by atoms with E-state index in [0.717, 1.165) is 11.1 Å². The smallest absolute Gasteiger partial charge is 0.182 e. The molecule has 5 heteroatoms. The van der Waals surface area contributed by atoms with Gasteiger partial charge in [-0.2, -0.15) is 0 Å². The first-order valence-corrected chi connectivity index (χ1v) is 8.20. The van der Waals surface area contributed by atoms with Crippen LogP contribution in [0.3, 0.4) is 0 Å². The molecule has 0 unspecified atom stereocenters. The van der Waals surface area contributed by atoms with E-state index in [0.29, 0.717) is 21.9 Å². The Morgan fingerprint density at radius 1 is 1.10 bits per heavy atom. The Labute approximate surface area is 125 Å². The summed E-state index contributed by atoms with van der Waals surface area (Å²) in [7, 11) is -1.89. The van der Waals surface area contributed by atoms with Crippen molar-refractivity contribution >= 4 is 15.5 Å². The lowest BCUT2D eigenvalue weighted by Crippen LogP contribution is -2.07. The molecule has 2 aromatic carbocycles. The number of anilines is 1. The summed E-state index contributed by atoms with van der Waals surface area (Å²) in [6.07, 6.45) is 0. The molecule has 0 bridgehead atoms. The van der Waals surface area contributed by atoms with E-state index in [2.05, 4.69) is 0 Å². The van der Waals surface area contributed by atoms with Crippen molar-refractivity contribution in [1.82, 2.24) is 0 Å². The van der Waals surface area contributed by atoms with Gasteiger partial charge in [0.05, 0.1) is 17.8 Å². The first-order valence-electron chi connectivity index (χ1n) is 6.55. The molecular formula is C16H19NO3S. The number of methoxy groups -OCH3 is 1. The van der Waals surface area contributed by atoms with Crippen molar-refractivity contribution in [2.75, 3.05) is 12.8 Å². The Morgan fingerprint density at radius 3 is 2.48 bits per heavy atom. The Balaban J connectivity index is 2.42. The molecule has 0 amide bonds. The summed E-state index contributed by atoms with van der Waals surface area (Å²) in [4.78, 5) is 0.365. The number of benzene rings is 2. The second kappa shape index (κ2) is 5.77. The lowest BCUT2D eigenvalue weighted by Gasteiger charge is -2.10. The van der Waals surface area contributed by atoms with E-state index in [9.17, 15) is 8.42 Å². The van der Waals surface area contributed by atoms with Crippen LogP contribution in [0.2, 0.25) is 0 Å².